The highest BCUT2D eigenvalue weighted by atomic mass is 16.2. The summed E-state index contributed by atoms with van der Waals surface area (Å²) in [5.74, 6) is -1.51. The van der Waals surface area contributed by atoms with E-state index < -0.39 is 30.1 Å². The molecule has 1 fully saturated rings. The molecule has 5 atom stereocenters. The number of carbonyl (C=O) groups is 4. The summed E-state index contributed by atoms with van der Waals surface area (Å²) in [5.41, 5.74) is 12.8. The zero-order valence-corrected chi connectivity index (χ0v) is 27.0. The second-order valence-electron chi connectivity index (χ2n) is 11.5. The molecule has 1 aliphatic rings. The molecule has 0 aliphatic carbocycles. The van der Waals surface area contributed by atoms with Gasteiger partial charge in [-0.2, -0.15) is 0 Å². The fourth-order valence-electron chi connectivity index (χ4n) is 5.23. The van der Waals surface area contributed by atoms with Crippen molar-refractivity contribution in [2.45, 2.75) is 110 Å². The molecule has 0 bridgehead atoms. The number of guanidine groups is 1. The molecule has 2 heterocycles. The molecule has 13 nitrogen and oxygen atoms in total. The molecule has 1 aliphatic heterocycles. The highest BCUT2D eigenvalue weighted by Crippen LogP contribution is 2.20. The molecule has 0 unspecified atom stereocenters. The summed E-state index contributed by atoms with van der Waals surface area (Å²) in [6.07, 6.45) is 5.72. The lowest BCUT2D eigenvalue weighted by atomic mass is 9.96. The third-order valence-electron chi connectivity index (χ3n) is 7.96. The van der Waals surface area contributed by atoms with E-state index in [9.17, 15) is 19.2 Å². The van der Waals surface area contributed by atoms with Gasteiger partial charge in [0.2, 0.25) is 23.6 Å². The molecular formula is C31H53N9O4. The number of pyridine rings is 1. The number of nitrogens with zero attached hydrogens (tertiary/aromatic N) is 3. The van der Waals surface area contributed by atoms with E-state index in [1.807, 2.05) is 46.8 Å². The van der Waals surface area contributed by atoms with Gasteiger partial charge in [-0.1, -0.05) is 39.7 Å². The minimum atomic E-state index is -0.909. The molecule has 1 aromatic heterocycles. The topological polar surface area (TPSA) is 197 Å². The Morgan fingerprint density at radius 3 is 2.43 bits per heavy atom. The Kier molecular flexibility index (Phi) is 15.6. The maximum absolute atomic E-state index is 13.8. The third-order valence-corrected chi connectivity index (χ3v) is 7.96. The molecular weight excluding hydrogens is 562 g/mol. The van der Waals surface area contributed by atoms with Crippen molar-refractivity contribution in [2.75, 3.05) is 19.6 Å². The van der Waals surface area contributed by atoms with E-state index in [2.05, 4.69) is 31.2 Å². The van der Waals surface area contributed by atoms with E-state index in [1.165, 1.54) is 0 Å². The molecule has 13 heteroatoms. The molecule has 2 rings (SSSR count). The predicted molar refractivity (Wildman–Crippen MR) is 171 cm³/mol. The van der Waals surface area contributed by atoms with Crippen molar-refractivity contribution in [3.63, 3.8) is 0 Å². The molecule has 1 saturated heterocycles. The number of likely N-dealkylation sites (tertiary alicyclic amines) is 1. The van der Waals surface area contributed by atoms with Crippen LogP contribution in [0.3, 0.4) is 0 Å². The van der Waals surface area contributed by atoms with Crippen LogP contribution in [0.2, 0.25) is 0 Å². The molecule has 1 aromatic rings. The van der Waals surface area contributed by atoms with Gasteiger partial charge in [-0.25, -0.2) is 0 Å². The first kappa shape index (κ1) is 36.5. The molecule has 246 valence electrons. The summed E-state index contributed by atoms with van der Waals surface area (Å²) in [7, 11) is 0. The van der Waals surface area contributed by atoms with Gasteiger partial charge in [0.1, 0.15) is 18.1 Å². The Labute approximate surface area is 261 Å². The number of hydrogen-bond donors (Lipinski definition) is 6. The van der Waals surface area contributed by atoms with Crippen LogP contribution in [0.25, 0.3) is 0 Å². The number of aliphatic imine (C=N–C) groups is 1. The smallest absolute Gasteiger partial charge is 0.245 e. The molecule has 8 N–H and O–H groups in total. The van der Waals surface area contributed by atoms with Gasteiger partial charge in [-0.05, 0) is 63.5 Å². The Balaban J connectivity index is 2.21. The molecule has 0 radical (unpaired) electrons. The van der Waals surface area contributed by atoms with Crippen LogP contribution >= 0.6 is 0 Å². The van der Waals surface area contributed by atoms with Crippen LogP contribution < -0.4 is 32.7 Å². The van der Waals surface area contributed by atoms with E-state index in [0.29, 0.717) is 51.7 Å². The number of carbonyl (C=O) groups excluding carboxylic acids is 4. The fourth-order valence-corrected chi connectivity index (χ4v) is 5.23. The monoisotopic (exact) mass is 615 g/mol. The number of aromatic nitrogens is 1. The van der Waals surface area contributed by atoms with Crippen LogP contribution in [0.15, 0.2) is 23.3 Å². The van der Waals surface area contributed by atoms with Gasteiger partial charge in [0, 0.05) is 38.1 Å². The number of likely N-dealkylation sites (N-methyl/N-ethyl adjacent to an activating group) is 1. The summed E-state index contributed by atoms with van der Waals surface area (Å²) < 4.78 is 0. The minimum Gasteiger partial charge on any atom is -0.370 e. The van der Waals surface area contributed by atoms with Crippen molar-refractivity contribution in [2.24, 2.45) is 22.4 Å². The lowest BCUT2D eigenvalue weighted by Crippen LogP contribution is -2.59. The molecule has 0 spiro atoms. The summed E-state index contributed by atoms with van der Waals surface area (Å²) in [6, 6.07) is 1.01. The molecule has 44 heavy (non-hydrogen) atoms. The summed E-state index contributed by atoms with van der Waals surface area (Å²) in [6.45, 7) is 11.2. The number of nitrogens with one attached hydrogen (secondary N) is 4. The third kappa shape index (κ3) is 11.4. The van der Waals surface area contributed by atoms with E-state index in [-0.39, 0.29) is 42.6 Å². The van der Waals surface area contributed by atoms with Gasteiger partial charge in [0.15, 0.2) is 5.96 Å². The van der Waals surface area contributed by atoms with Crippen LogP contribution in [0, 0.1) is 12.8 Å². The van der Waals surface area contributed by atoms with Crippen LogP contribution in [-0.4, -0.2) is 83.3 Å². The van der Waals surface area contributed by atoms with Crippen LogP contribution in [0.1, 0.15) is 83.9 Å². The van der Waals surface area contributed by atoms with Crippen molar-refractivity contribution >= 4 is 29.6 Å². The maximum atomic E-state index is 13.8. The number of amides is 4. The quantitative estimate of drug-likeness (QED) is 0.0793. The minimum absolute atomic E-state index is 0.0545. The highest BCUT2D eigenvalue weighted by molar-refractivity contribution is 5.95. The van der Waals surface area contributed by atoms with Crippen molar-refractivity contribution < 1.29 is 19.2 Å². The standard InChI is InChI=1S/C31H53N9O4/c1-6-11-23(37-19-22-15-14-21(5)36-18-22)27(41)39-26(20(4)7-2)29(43)38-24(12-9-16-35-31(32)33)30(44)40-17-10-13-25(40)28(42)34-8-3/h14-15,18,20,23-26,37H,6-13,16-17,19H2,1-5H3,(H,34,42)(H,38,43)(H,39,41)(H4,32,33,35)/t20-,23-,24-,25-,26-/m0/s1. The van der Waals surface area contributed by atoms with Crippen LogP contribution in [0.4, 0.5) is 0 Å². The maximum Gasteiger partial charge on any atom is 0.245 e. The Morgan fingerprint density at radius 1 is 1.07 bits per heavy atom. The van der Waals surface area contributed by atoms with E-state index in [0.717, 1.165) is 17.7 Å². The average Bonchev–Trinajstić information content (AvgIpc) is 3.49. The van der Waals surface area contributed by atoms with Gasteiger partial charge < -0.3 is 37.6 Å². The summed E-state index contributed by atoms with van der Waals surface area (Å²) in [4.78, 5) is 63.6. The normalized spacial score (nSPS) is 17.2. The number of aryl methyl sites for hydroxylation is 1. The average molecular weight is 616 g/mol. The van der Waals surface area contributed by atoms with Gasteiger partial charge in [-0.3, -0.25) is 29.2 Å². The van der Waals surface area contributed by atoms with Crippen molar-refractivity contribution in [3.05, 3.63) is 29.6 Å². The lowest BCUT2D eigenvalue weighted by Gasteiger charge is -2.31. The van der Waals surface area contributed by atoms with Gasteiger partial charge >= 0.3 is 0 Å². The van der Waals surface area contributed by atoms with Crippen LogP contribution in [-0.2, 0) is 25.7 Å². The Bertz CT molecular complexity index is 1110. The lowest BCUT2D eigenvalue weighted by molar-refractivity contribution is -0.142. The van der Waals surface area contributed by atoms with Crippen molar-refractivity contribution in [3.8, 4) is 0 Å². The number of rotatable bonds is 18. The van der Waals surface area contributed by atoms with Crippen molar-refractivity contribution in [1.82, 2.24) is 31.2 Å². The van der Waals surface area contributed by atoms with E-state index >= 15 is 0 Å². The first-order chi connectivity index (χ1) is 21.0. The SMILES string of the molecule is CCC[C@H](NCc1ccc(C)nc1)C(=O)N[C@H](C(=O)N[C@@H](CCCN=C(N)N)C(=O)N1CCC[C@H]1C(=O)NCC)[C@@H](C)CC. The van der Waals surface area contributed by atoms with Gasteiger partial charge in [0.25, 0.3) is 0 Å². The van der Waals surface area contributed by atoms with Crippen LogP contribution in [0.5, 0.6) is 0 Å². The first-order valence-electron chi connectivity index (χ1n) is 15.9. The zero-order chi connectivity index (χ0) is 32.6. The first-order valence-corrected chi connectivity index (χ1v) is 15.9. The Hall–Kier alpha value is -3.74. The number of hydrogen-bond acceptors (Lipinski definition) is 7. The zero-order valence-electron chi connectivity index (χ0n) is 27.0. The van der Waals surface area contributed by atoms with Gasteiger partial charge in [-0.15, -0.1) is 0 Å². The van der Waals surface area contributed by atoms with E-state index in [1.54, 1.807) is 11.1 Å². The van der Waals surface area contributed by atoms with E-state index in [4.69, 9.17) is 11.5 Å². The fraction of sp³-hybridized carbons (Fsp3) is 0.677. The molecule has 0 aromatic carbocycles. The summed E-state index contributed by atoms with van der Waals surface area (Å²) in [5, 5.41) is 12.0. The molecule has 4 amide bonds. The van der Waals surface area contributed by atoms with Crippen molar-refractivity contribution in [1.29, 1.82) is 0 Å². The molecule has 0 saturated carbocycles. The second kappa shape index (κ2) is 18.8. The second-order valence-corrected chi connectivity index (χ2v) is 11.5. The highest BCUT2D eigenvalue weighted by Gasteiger charge is 2.38. The summed E-state index contributed by atoms with van der Waals surface area (Å²) >= 11 is 0. The van der Waals surface area contributed by atoms with Gasteiger partial charge in [0.05, 0.1) is 6.04 Å². The largest absolute Gasteiger partial charge is 0.370 e. The number of nitrogens with two attached hydrogens (primary N) is 2. The Morgan fingerprint density at radius 2 is 1.82 bits per heavy atom. The predicted octanol–water partition coefficient (Wildman–Crippen LogP) is 0.845.